The number of nitrogens with zero attached hydrogens (tertiary/aromatic N) is 1. The van der Waals surface area contributed by atoms with Crippen molar-refractivity contribution in [1.82, 2.24) is 0 Å². The zero-order chi connectivity index (χ0) is 16.0. The molecule has 4 rings (SSSR count). The smallest absolute Gasteiger partial charge is 0.343 e. The van der Waals surface area contributed by atoms with Crippen LogP contribution in [0.2, 0.25) is 0 Å². The summed E-state index contributed by atoms with van der Waals surface area (Å²) in [6, 6.07) is 4.07. The van der Waals surface area contributed by atoms with Crippen LogP contribution in [0.1, 0.15) is 36.5 Å². The number of anilines is 1. The molecule has 4 heteroatoms. The lowest BCUT2D eigenvalue weighted by atomic mass is 9.90. The van der Waals surface area contributed by atoms with E-state index in [0.717, 1.165) is 43.3 Å². The van der Waals surface area contributed by atoms with Crippen molar-refractivity contribution in [3.63, 3.8) is 0 Å². The summed E-state index contributed by atoms with van der Waals surface area (Å²) in [7, 11) is 0. The predicted octanol–water partition coefficient (Wildman–Crippen LogP) is 2.89. The zero-order valence-electron chi connectivity index (χ0n) is 13.3. The second-order valence-corrected chi connectivity index (χ2v) is 6.56. The Hall–Kier alpha value is -2.07. The van der Waals surface area contributed by atoms with Crippen LogP contribution in [0.5, 0.6) is 0 Å². The normalized spacial score (nSPS) is 18.4. The topological polar surface area (TPSA) is 53.7 Å². The van der Waals surface area contributed by atoms with Gasteiger partial charge in [-0.1, -0.05) is 6.08 Å². The Balaban J connectivity index is 1.94. The molecule has 120 valence electrons. The standard InChI is InChI=1S/C19H21NO3/c1-12(21)6-7-14-11-15-10-13-4-2-8-20-9-3-5-16(17(13)20)18(15)23-19(14)22/h6-7,10-12,21H,2-5,8-9H2,1H3. The maximum absolute atomic E-state index is 12.3. The highest BCUT2D eigenvalue weighted by Gasteiger charge is 2.26. The number of aliphatic hydroxyl groups excluding tert-OH is 1. The molecule has 3 heterocycles. The minimum Gasteiger partial charge on any atom is -0.422 e. The molecule has 1 atom stereocenters. The number of aliphatic hydroxyl groups is 1. The first-order valence-electron chi connectivity index (χ1n) is 8.37. The first-order valence-corrected chi connectivity index (χ1v) is 8.37. The minimum absolute atomic E-state index is 0.335. The van der Waals surface area contributed by atoms with Crippen LogP contribution in [0, 0.1) is 0 Å². The number of hydrogen-bond donors (Lipinski definition) is 1. The van der Waals surface area contributed by atoms with Gasteiger partial charge in [-0.25, -0.2) is 4.79 Å². The molecule has 0 aliphatic carbocycles. The fourth-order valence-electron chi connectivity index (χ4n) is 3.82. The summed E-state index contributed by atoms with van der Waals surface area (Å²) in [4.78, 5) is 14.7. The second-order valence-electron chi connectivity index (χ2n) is 6.56. The van der Waals surface area contributed by atoms with Crippen molar-refractivity contribution in [3.05, 3.63) is 45.3 Å². The SMILES string of the molecule is CC(O)C=Cc1cc2cc3c4c(c2oc1=O)CCCN4CCC3. The number of rotatable bonds is 2. The van der Waals surface area contributed by atoms with Gasteiger partial charge in [-0.05, 0) is 56.4 Å². The highest BCUT2D eigenvalue weighted by molar-refractivity contribution is 5.89. The van der Waals surface area contributed by atoms with Crippen molar-refractivity contribution in [2.45, 2.75) is 38.7 Å². The molecule has 1 unspecified atom stereocenters. The quantitative estimate of drug-likeness (QED) is 0.867. The van der Waals surface area contributed by atoms with Gasteiger partial charge in [-0.2, -0.15) is 0 Å². The third-order valence-electron chi connectivity index (χ3n) is 4.80. The maximum Gasteiger partial charge on any atom is 0.343 e. The van der Waals surface area contributed by atoms with Crippen molar-refractivity contribution in [1.29, 1.82) is 0 Å². The highest BCUT2D eigenvalue weighted by atomic mass is 16.4. The van der Waals surface area contributed by atoms with Gasteiger partial charge in [-0.3, -0.25) is 0 Å². The maximum atomic E-state index is 12.3. The molecule has 2 aromatic rings. The Morgan fingerprint density at radius 3 is 2.83 bits per heavy atom. The summed E-state index contributed by atoms with van der Waals surface area (Å²) in [6.45, 7) is 3.87. The highest BCUT2D eigenvalue weighted by Crippen LogP contribution is 2.39. The number of hydrogen-bond acceptors (Lipinski definition) is 4. The minimum atomic E-state index is -0.580. The van der Waals surface area contributed by atoms with Crippen LogP contribution in [0.3, 0.4) is 0 Å². The van der Waals surface area contributed by atoms with Gasteiger partial charge in [0.2, 0.25) is 0 Å². The van der Waals surface area contributed by atoms with Crippen molar-refractivity contribution < 1.29 is 9.52 Å². The van der Waals surface area contributed by atoms with E-state index in [2.05, 4.69) is 11.0 Å². The average Bonchev–Trinajstić information content (AvgIpc) is 2.54. The lowest BCUT2D eigenvalue weighted by molar-refractivity contribution is 0.245. The summed E-state index contributed by atoms with van der Waals surface area (Å²) in [5.74, 6) is 0. The van der Waals surface area contributed by atoms with Crippen LogP contribution in [0.15, 0.2) is 27.4 Å². The first kappa shape index (κ1) is 14.5. The van der Waals surface area contributed by atoms with Gasteiger partial charge < -0.3 is 14.4 Å². The molecular weight excluding hydrogens is 290 g/mol. The third-order valence-corrected chi connectivity index (χ3v) is 4.80. The van der Waals surface area contributed by atoms with Gasteiger partial charge in [0.15, 0.2) is 0 Å². The molecule has 0 amide bonds. The summed E-state index contributed by atoms with van der Waals surface area (Å²) >= 11 is 0. The van der Waals surface area contributed by atoms with Gasteiger partial charge in [0.25, 0.3) is 0 Å². The van der Waals surface area contributed by atoms with E-state index in [1.165, 1.54) is 23.2 Å². The Labute approximate surface area is 135 Å². The van der Waals surface area contributed by atoms with E-state index in [9.17, 15) is 9.90 Å². The first-order chi connectivity index (χ1) is 11.1. The van der Waals surface area contributed by atoms with Crippen LogP contribution in [0.4, 0.5) is 5.69 Å². The molecule has 0 bridgehead atoms. The van der Waals surface area contributed by atoms with Gasteiger partial charge in [0.1, 0.15) is 5.58 Å². The average molecular weight is 311 g/mol. The Kier molecular flexibility index (Phi) is 3.49. The predicted molar refractivity (Wildman–Crippen MR) is 92.1 cm³/mol. The third kappa shape index (κ3) is 2.47. The van der Waals surface area contributed by atoms with Gasteiger partial charge in [0, 0.05) is 29.7 Å². The van der Waals surface area contributed by atoms with Crippen LogP contribution >= 0.6 is 0 Å². The van der Waals surface area contributed by atoms with Gasteiger partial charge in [-0.15, -0.1) is 0 Å². The molecule has 1 N–H and O–H groups in total. The van der Waals surface area contributed by atoms with E-state index in [-0.39, 0.29) is 5.63 Å². The fourth-order valence-corrected chi connectivity index (χ4v) is 3.82. The molecule has 4 nitrogen and oxygen atoms in total. The van der Waals surface area contributed by atoms with Crippen molar-refractivity contribution in [3.8, 4) is 0 Å². The van der Waals surface area contributed by atoms with Crippen LogP contribution in [-0.2, 0) is 12.8 Å². The van der Waals surface area contributed by atoms with Crippen molar-refractivity contribution >= 4 is 22.7 Å². The Morgan fingerprint density at radius 1 is 1.26 bits per heavy atom. The van der Waals surface area contributed by atoms with E-state index in [1.54, 1.807) is 19.1 Å². The molecule has 0 saturated heterocycles. The van der Waals surface area contributed by atoms with Gasteiger partial charge in [0.05, 0.1) is 11.7 Å². The summed E-state index contributed by atoms with van der Waals surface area (Å²) < 4.78 is 5.68. The molecule has 1 aromatic heterocycles. The van der Waals surface area contributed by atoms with Crippen LogP contribution < -0.4 is 10.5 Å². The fraction of sp³-hybridized carbons (Fsp3) is 0.421. The van der Waals surface area contributed by atoms with Crippen LogP contribution in [-0.4, -0.2) is 24.3 Å². The lowest BCUT2D eigenvalue weighted by Gasteiger charge is -2.37. The van der Waals surface area contributed by atoms with E-state index >= 15 is 0 Å². The molecule has 23 heavy (non-hydrogen) atoms. The van der Waals surface area contributed by atoms with Crippen molar-refractivity contribution in [2.75, 3.05) is 18.0 Å². The lowest BCUT2D eigenvalue weighted by Crippen LogP contribution is -2.34. The molecular formula is C19H21NO3. The molecule has 0 radical (unpaired) electrons. The monoisotopic (exact) mass is 311 g/mol. The Bertz CT molecular complexity index is 846. The van der Waals surface area contributed by atoms with Crippen molar-refractivity contribution in [2.24, 2.45) is 0 Å². The summed E-state index contributed by atoms with van der Waals surface area (Å²) in [5, 5.41) is 10.4. The molecule has 2 aliphatic heterocycles. The van der Waals surface area contributed by atoms with Crippen LogP contribution in [0.25, 0.3) is 17.0 Å². The van der Waals surface area contributed by atoms with E-state index in [4.69, 9.17) is 4.42 Å². The van der Waals surface area contributed by atoms with E-state index in [1.807, 2.05) is 6.07 Å². The largest absolute Gasteiger partial charge is 0.422 e. The van der Waals surface area contributed by atoms with E-state index < -0.39 is 6.10 Å². The Morgan fingerprint density at radius 2 is 2.04 bits per heavy atom. The summed E-state index contributed by atoms with van der Waals surface area (Å²) in [6.07, 6.45) is 7.02. The molecule has 0 spiro atoms. The zero-order valence-corrected chi connectivity index (χ0v) is 13.3. The molecule has 0 saturated carbocycles. The second kappa shape index (κ2) is 5.53. The summed E-state index contributed by atoms with van der Waals surface area (Å²) in [5.41, 5.74) is 4.79. The molecule has 1 aromatic carbocycles. The number of benzene rings is 1. The number of aryl methyl sites for hydroxylation is 2. The number of fused-ring (bicyclic) bond motifs is 2. The van der Waals surface area contributed by atoms with E-state index in [0.29, 0.717) is 5.56 Å². The molecule has 0 fully saturated rings. The molecule has 2 aliphatic rings. The van der Waals surface area contributed by atoms with Gasteiger partial charge >= 0.3 is 5.63 Å².